The second kappa shape index (κ2) is 9.54. The number of nitro benzene ring substituents is 1. The number of piperazine rings is 1. The minimum Gasteiger partial charge on any atom is -0.444 e. The summed E-state index contributed by atoms with van der Waals surface area (Å²) in [6, 6.07) is 12.5. The molecule has 2 aromatic rings. The van der Waals surface area contributed by atoms with E-state index in [4.69, 9.17) is 9.47 Å². The molecule has 10 heteroatoms. The Bertz CT molecular complexity index is 961. The minimum atomic E-state index is -0.697. The Morgan fingerprint density at radius 2 is 1.56 bits per heavy atom. The molecule has 1 aliphatic heterocycles. The molecule has 1 aliphatic rings. The molecule has 32 heavy (non-hydrogen) atoms. The third-order valence-corrected chi connectivity index (χ3v) is 4.67. The number of nitrogens with zero attached hydrogens (tertiary/aromatic N) is 3. The summed E-state index contributed by atoms with van der Waals surface area (Å²) >= 11 is 0. The normalized spacial score (nSPS) is 14.0. The Hall–Kier alpha value is -3.82. The van der Waals surface area contributed by atoms with Gasteiger partial charge in [0.2, 0.25) is 0 Å². The molecule has 1 fully saturated rings. The van der Waals surface area contributed by atoms with Gasteiger partial charge in [-0.1, -0.05) is 0 Å². The summed E-state index contributed by atoms with van der Waals surface area (Å²) in [6.45, 7) is 8.02. The van der Waals surface area contributed by atoms with Gasteiger partial charge in [-0.25, -0.2) is 9.59 Å². The highest BCUT2D eigenvalue weighted by atomic mass is 16.6. The SMILES string of the molecule is CC(C)(C)OC(=O)N1CCN(c2ccc(NC(=O)Oc3ccc([N+](=O)[O-])cc3)cc2)CC1. The van der Waals surface area contributed by atoms with Crippen LogP contribution in [0, 0.1) is 10.1 Å². The molecule has 0 radical (unpaired) electrons. The Balaban J connectivity index is 1.49. The van der Waals surface area contributed by atoms with Crippen LogP contribution in [-0.2, 0) is 4.74 Å². The van der Waals surface area contributed by atoms with E-state index in [1.165, 1.54) is 24.3 Å². The van der Waals surface area contributed by atoms with E-state index < -0.39 is 16.6 Å². The summed E-state index contributed by atoms with van der Waals surface area (Å²) in [7, 11) is 0. The van der Waals surface area contributed by atoms with Gasteiger partial charge in [-0.2, -0.15) is 0 Å². The number of nitrogens with one attached hydrogen (secondary N) is 1. The molecule has 3 rings (SSSR count). The smallest absolute Gasteiger partial charge is 0.417 e. The zero-order valence-corrected chi connectivity index (χ0v) is 18.2. The molecule has 0 unspecified atom stereocenters. The molecule has 2 amide bonds. The number of benzene rings is 2. The minimum absolute atomic E-state index is 0.0831. The molecule has 0 atom stereocenters. The molecule has 170 valence electrons. The Kier molecular flexibility index (Phi) is 6.82. The van der Waals surface area contributed by atoms with Crippen molar-refractivity contribution in [3.63, 3.8) is 0 Å². The van der Waals surface area contributed by atoms with E-state index in [1.807, 2.05) is 32.9 Å². The molecule has 2 aromatic carbocycles. The van der Waals surface area contributed by atoms with Gasteiger partial charge >= 0.3 is 12.2 Å². The summed E-state index contributed by atoms with van der Waals surface area (Å²) in [5.41, 5.74) is 0.924. The van der Waals surface area contributed by atoms with Crippen molar-refractivity contribution in [2.75, 3.05) is 36.4 Å². The van der Waals surface area contributed by atoms with Crippen molar-refractivity contribution in [2.24, 2.45) is 0 Å². The van der Waals surface area contributed by atoms with E-state index in [1.54, 1.807) is 17.0 Å². The van der Waals surface area contributed by atoms with Crippen LogP contribution in [0.2, 0.25) is 0 Å². The van der Waals surface area contributed by atoms with Crippen LogP contribution in [0.4, 0.5) is 26.7 Å². The average Bonchev–Trinajstić information content (AvgIpc) is 2.73. The zero-order chi connectivity index (χ0) is 23.3. The zero-order valence-electron chi connectivity index (χ0n) is 18.2. The maximum absolute atomic E-state index is 12.2. The van der Waals surface area contributed by atoms with Gasteiger partial charge < -0.3 is 19.3 Å². The van der Waals surface area contributed by atoms with Crippen molar-refractivity contribution in [1.82, 2.24) is 4.90 Å². The highest BCUT2D eigenvalue weighted by Gasteiger charge is 2.26. The second-order valence-corrected chi connectivity index (χ2v) is 8.27. The van der Waals surface area contributed by atoms with Gasteiger partial charge in [-0.05, 0) is 57.2 Å². The fourth-order valence-corrected chi connectivity index (χ4v) is 3.12. The van der Waals surface area contributed by atoms with Gasteiger partial charge in [0, 0.05) is 49.7 Å². The third-order valence-electron chi connectivity index (χ3n) is 4.67. The molecule has 0 saturated carbocycles. The first-order valence-corrected chi connectivity index (χ1v) is 10.2. The predicted molar refractivity (Wildman–Crippen MR) is 119 cm³/mol. The molecule has 1 saturated heterocycles. The topological polar surface area (TPSA) is 114 Å². The lowest BCUT2D eigenvalue weighted by Gasteiger charge is -2.36. The van der Waals surface area contributed by atoms with Crippen molar-refractivity contribution >= 4 is 29.2 Å². The van der Waals surface area contributed by atoms with Gasteiger partial charge in [0.05, 0.1) is 4.92 Å². The summed E-state index contributed by atoms with van der Waals surface area (Å²) in [4.78, 5) is 38.2. The first kappa shape index (κ1) is 22.9. The Morgan fingerprint density at radius 1 is 0.969 bits per heavy atom. The van der Waals surface area contributed by atoms with Crippen LogP contribution in [0.3, 0.4) is 0 Å². The Morgan fingerprint density at radius 3 is 2.09 bits per heavy atom. The van der Waals surface area contributed by atoms with Crippen LogP contribution in [0.15, 0.2) is 48.5 Å². The number of non-ortho nitro benzene ring substituents is 1. The Labute approximate surface area is 185 Å². The third kappa shape index (κ3) is 6.34. The van der Waals surface area contributed by atoms with Crippen LogP contribution < -0.4 is 15.0 Å². The fraction of sp³-hybridized carbons (Fsp3) is 0.364. The number of hydrogen-bond acceptors (Lipinski definition) is 7. The van der Waals surface area contributed by atoms with E-state index in [0.717, 1.165) is 5.69 Å². The van der Waals surface area contributed by atoms with E-state index >= 15 is 0 Å². The summed E-state index contributed by atoms with van der Waals surface area (Å²) < 4.78 is 10.6. The number of hydrogen-bond donors (Lipinski definition) is 1. The standard InChI is InChI=1S/C22H26N4O6/c1-22(2,3)32-21(28)25-14-12-24(13-15-25)17-6-4-16(5-7-17)23-20(27)31-19-10-8-18(9-11-19)26(29)30/h4-11H,12-15H2,1-3H3,(H,23,27). The fourth-order valence-electron chi connectivity index (χ4n) is 3.12. The number of nitro groups is 1. The summed E-state index contributed by atoms with van der Waals surface area (Å²) in [5, 5.41) is 13.3. The maximum atomic E-state index is 12.2. The highest BCUT2D eigenvalue weighted by molar-refractivity contribution is 5.86. The van der Waals surface area contributed by atoms with Crippen molar-refractivity contribution in [1.29, 1.82) is 0 Å². The van der Waals surface area contributed by atoms with Crippen molar-refractivity contribution in [2.45, 2.75) is 26.4 Å². The number of carbonyl (C=O) groups is 2. The van der Waals surface area contributed by atoms with Crippen LogP contribution in [0.1, 0.15) is 20.8 Å². The van der Waals surface area contributed by atoms with Gasteiger partial charge in [0.1, 0.15) is 11.4 Å². The first-order valence-electron chi connectivity index (χ1n) is 10.2. The van der Waals surface area contributed by atoms with Crippen molar-refractivity contribution in [3.8, 4) is 5.75 Å². The van der Waals surface area contributed by atoms with Crippen LogP contribution in [0.5, 0.6) is 5.75 Å². The highest BCUT2D eigenvalue weighted by Crippen LogP contribution is 2.22. The van der Waals surface area contributed by atoms with Crippen molar-refractivity contribution < 1.29 is 24.0 Å². The monoisotopic (exact) mass is 442 g/mol. The van der Waals surface area contributed by atoms with Crippen molar-refractivity contribution in [3.05, 3.63) is 58.6 Å². The molecule has 1 heterocycles. The summed E-state index contributed by atoms with van der Waals surface area (Å²) in [5.74, 6) is 0.201. The van der Waals surface area contributed by atoms with Crippen LogP contribution in [0.25, 0.3) is 0 Å². The lowest BCUT2D eigenvalue weighted by atomic mass is 10.2. The summed E-state index contributed by atoms with van der Waals surface area (Å²) in [6.07, 6.45) is -0.999. The van der Waals surface area contributed by atoms with E-state index in [-0.39, 0.29) is 17.5 Å². The quantitative estimate of drug-likeness (QED) is 0.556. The molecule has 1 N–H and O–H groups in total. The van der Waals surface area contributed by atoms with Crippen LogP contribution in [-0.4, -0.2) is 53.8 Å². The second-order valence-electron chi connectivity index (χ2n) is 8.27. The molecular formula is C22H26N4O6. The largest absolute Gasteiger partial charge is 0.444 e. The van der Waals surface area contributed by atoms with Gasteiger partial charge in [-0.15, -0.1) is 0 Å². The molecule has 0 aromatic heterocycles. The molecular weight excluding hydrogens is 416 g/mol. The van der Waals surface area contributed by atoms with Crippen LogP contribution >= 0.6 is 0 Å². The van der Waals surface area contributed by atoms with Gasteiger partial charge in [0.25, 0.3) is 5.69 Å². The molecule has 0 aliphatic carbocycles. The number of carbonyl (C=O) groups excluding carboxylic acids is 2. The molecule has 10 nitrogen and oxygen atoms in total. The lowest BCUT2D eigenvalue weighted by Crippen LogP contribution is -2.50. The lowest BCUT2D eigenvalue weighted by molar-refractivity contribution is -0.384. The molecule has 0 spiro atoms. The average molecular weight is 442 g/mol. The predicted octanol–water partition coefficient (Wildman–Crippen LogP) is 4.26. The maximum Gasteiger partial charge on any atom is 0.417 e. The number of anilines is 2. The van der Waals surface area contributed by atoms with E-state index in [9.17, 15) is 19.7 Å². The van der Waals surface area contributed by atoms with E-state index in [2.05, 4.69) is 10.2 Å². The van der Waals surface area contributed by atoms with Gasteiger partial charge in [0.15, 0.2) is 0 Å². The number of amides is 2. The number of ether oxygens (including phenoxy) is 2. The van der Waals surface area contributed by atoms with E-state index in [0.29, 0.717) is 31.9 Å². The number of rotatable bonds is 4. The first-order chi connectivity index (χ1) is 15.1. The molecule has 0 bridgehead atoms. The van der Waals surface area contributed by atoms with Gasteiger partial charge in [-0.3, -0.25) is 15.4 Å².